The van der Waals surface area contributed by atoms with Crippen molar-refractivity contribution in [3.05, 3.63) is 69.4 Å². The molecule has 200 valence electrons. The van der Waals surface area contributed by atoms with E-state index in [1.54, 1.807) is 25.3 Å². The Kier molecular flexibility index (Phi) is 6.82. The molecule has 3 aromatic rings. The molecule has 0 saturated heterocycles. The first-order valence-electron chi connectivity index (χ1n) is 12.6. The van der Waals surface area contributed by atoms with E-state index in [4.69, 9.17) is 13.7 Å². The number of esters is 1. The van der Waals surface area contributed by atoms with Crippen LogP contribution < -0.4 is 14.2 Å². The zero-order chi connectivity index (χ0) is 27.2. The first-order valence-corrected chi connectivity index (χ1v) is 15.1. The van der Waals surface area contributed by atoms with Crippen LogP contribution in [-0.4, -0.2) is 33.9 Å². The summed E-state index contributed by atoms with van der Waals surface area (Å²) in [6.45, 7) is 8.38. The topological polar surface area (TPSA) is 73.9 Å². The number of nitrogens with one attached hydrogen (secondary N) is 1. The highest BCUT2D eigenvalue weighted by Crippen LogP contribution is 2.44. The molecule has 1 N–H and O–H groups in total. The van der Waals surface area contributed by atoms with Gasteiger partial charge in [-0.05, 0) is 87.9 Å². The summed E-state index contributed by atoms with van der Waals surface area (Å²) in [6, 6.07) is 13.2. The summed E-state index contributed by atoms with van der Waals surface area (Å²) in [5, 5.41) is 3.59. The Hall–Kier alpha value is -3.23. The minimum atomic E-state index is -2.65. The molecule has 1 fully saturated rings. The molecule has 2 aliphatic rings. The number of benzene rings is 2. The molecule has 38 heavy (non-hydrogen) atoms. The van der Waals surface area contributed by atoms with Crippen LogP contribution in [0.1, 0.15) is 59.3 Å². The van der Waals surface area contributed by atoms with Crippen molar-refractivity contribution < 1.29 is 22.7 Å². The van der Waals surface area contributed by atoms with Crippen molar-refractivity contribution >= 4 is 44.2 Å². The van der Waals surface area contributed by atoms with Crippen molar-refractivity contribution in [3.63, 3.8) is 0 Å². The van der Waals surface area contributed by atoms with Crippen LogP contribution >= 0.6 is 11.3 Å². The Morgan fingerprint density at radius 3 is 2.53 bits per heavy atom. The lowest BCUT2D eigenvalue weighted by atomic mass is 9.85. The minimum Gasteiger partial charge on any atom is -0.496 e. The van der Waals surface area contributed by atoms with Crippen LogP contribution in [0.15, 0.2) is 48.5 Å². The Morgan fingerprint density at radius 1 is 1.13 bits per heavy atom. The molecule has 2 aromatic carbocycles. The van der Waals surface area contributed by atoms with Crippen LogP contribution in [0.4, 0.5) is 5.69 Å². The van der Waals surface area contributed by atoms with E-state index >= 15 is 0 Å². The van der Waals surface area contributed by atoms with Gasteiger partial charge in [-0.1, -0.05) is 12.1 Å². The van der Waals surface area contributed by atoms with Gasteiger partial charge in [0.1, 0.15) is 32.8 Å². The summed E-state index contributed by atoms with van der Waals surface area (Å²) in [4.78, 5) is 14.5. The fraction of sp³-hybridized carbons (Fsp3) is 0.333. The average Bonchev–Trinajstić information content (AvgIpc) is 3.63. The quantitative estimate of drug-likeness (QED) is 0.243. The third kappa shape index (κ3) is 5.33. The number of carbonyl (C=O) groups excluding carboxylic acids is 1. The number of carbonyl (C=O) groups is 1. The SMILES string of the molecule is C=S(=O)(Oc1ccc(-c2ccc3c(c2COC(=O)c2ccc(C)s2)C(C)=CC(C)(C)N3)c(OC)c1)C1CC1. The Morgan fingerprint density at radius 2 is 1.87 bits per heavy atom. The lowest BCUT2D eigenvalue weighted by molar-refractivity contribution is 0.0479. The first kappa shape index (κ1) is 26.4. The molecular formula is C30H33NO5S2. The van der Waals surface area contributed by atoms with Crippen LogP contribution in [0.25, 0.3) is 16.7 Å². The fourth-order valence-electron chi connectivity index (χ4n) is 4.96. The Labute approximate surface area is 228 Å². The summed E-state index contributed by atoms with van der Waals surface area (Å²) in [5.41, 5.74) is 5.47. The Bertz CT molecular complexity index is 1540. The van der Waals surface area contributed by atoms with Crippen molar-refractivity contribution in [2.75, 3.05) is 12.4 Å². The molecule has 0 bridgehead atoms. The molecule has 1 atom stereocenters. The number of methoxy groups -OCH3 is 1. The predicted molar refractivity (Wildman–Crippen MR) is 157 cm³/mol. The zero-order valence-corrected chi connectivity index (χ0v) is 24.0. The number of rotatable bonds is 8. The van der Waals surface area contributed by atoms with E-state index in [1.165, 1.54) is 11.3 Å². The highest BCUT2D eigenvalue weighted by Gasteiger charge is 2.33. The van der Waals surface area contributed by atoms with E-state index in [-0.39, 0.29) is 23.4 Å². The maximum absolute atomic E-state index is 12.9. The summed E-state index contributed by atoms with van der Waals surface area (Å²) in [6.07, 6.45) is 3.93. The Balaban J connectivity index is 1.56. The lowest BCUT2D eigenvalue weighted by Gasteiger charge is -2.33. The van der Waals surface area contributed by atoms with Gasteiger partial charge in [-0.3, -0.25) is 0 Å². The molecule has 8 heteroatoms. The number of aryl methyl sites for hydroxylation is 1. The minimum absolute atomic E-state index is 0.00810. The number of fused-ring (bicyclic) bond motifs is 1. The molecule has 1 unspecified atom stereocenters. The molecule has 1 aliphatic carbocycles. The predicted octanol–water partition coefficient (Wildman–Crippen LogP) is 6.87. The molecule has 1 saturated carbocycles. The van der Waals surface area contributed by atoms with Crippen LogP contribution in [0.5, 0.6) is 11.5 Å². The average molecular weight is 552 g/mol. The zero-order valence-electron chi connectivity index (χ0n) is 22.4. The van der Waals surface area contributed by atoms with Crippen molar-refractivity contribution in [1.29, 1.82) is 0 Å². The van der Waals surface area contributed by atoms with Gasteiger partial charge < -0.3 is 19.0 Å². The van der Waals surface area contributed by atoms with Gasteiger partial charge in [0.25, 0.3) is 0 Å². The van der Waals surface area contributed by atoms with Gasteiger partial charge in [-0.15, -0.1) is 11.3 Å². The molecular weight excluding hydrogens is 518 g/mol. The normalized spacial score (nSPS) is 17.4. The van der Waals surface area contributed by atoms with E-state index in [1.807, 2.05) is 25.1 Å². The number of anilines is 1. The van der Waals surface area contributed by atoms with Crippen LogP contribution in [0.3, 0.4) is 0 Å². The maximum atomic E-state index is 12.9. The molecule has 2 heterocycles. The van der Waals surface area contributed by atoms with Gasteiger partial charge in [0.15, 0.2) is 0 Å². The van der Waals surface area contributed by atoms with Crippen molar-refractivity contribution in [2.45, 2.75) is 57.9 Å². The van der Waals surface area contributed by atoms with Gasteiger partial charge in [-0.2, -0.15) is 0 Å². The second-order valence-corrected chi connectivity index (χ2v) is 13.9. The van der Waals surface area contributed by atoms with Crippen LogP contribution in [-0.2, 0) is 21.1 Å². The number of hydrogen-bond acceptors (Lipinski definition) is 7. The number of ether oxygens (including phenoxy) is 2. The molecule has 0 amide bonds. The smallest absolute Gasteiger partial charge is 0.348 e. The monoisotopic (exact) mass is 551 g/mol. The number of hydrogen-bond donors (Lipinski definition) is 1. The van der Waals surface area contributed by atoms with Crippen LogP contribution in [0.2, 0.25) is 0 Å². The fourth-order valence-corrected chi connectivity index (χ4v) is 7.14. The summed E-state index contributed by atoms with van der Waals surface area (Å²) >= 11 is 1.42. The molecule has 0 spiro atoms. The largest absolute Gasteiger partial charge is 0.496 e. The van der Waals surface area contributed by atoms with E-state index in [0.717, 1.165) is 51.2 Å². The van der Waals surface area contributed by atoms with Gasteiger partial charge in [0.05, 0.1) is 17.9 Å². The molecule has 5 rings (SSSR count). The highest BCUT2D eigenvalue weighted by atomic mass is 32.2. The summed E-state index contributed by atoms with van der Waals surface area (Å²) in [7, 11) is -1.06. The molecule has 1 aromatic heterocycles. The second-order valence-electron chi connectivity index (χ2n) is 10.5. The first-order chi connectivity index (χ1) is 18.0. The van der Waals surface area contributed by atoms with Crippen molar-refractivity contribution in [3.8, 4) is 22.6 Å². The highest BCUT2D eigenvalue weighted by molar-refractivity contribution is 7.97. The van der Waals surface area contributed by atoms with E-state index in [9.17, 15) is 9.00 Å². The lowest BCUT2D eigenvalue weighted by Crippen LogP contribution is -2.32. The number of thiophene rings is 1. The van der Waals surface area contributed by atoms with E-state index in [0.29, 0.717) is 16.4 Å². The number of allylic oxidation sites excluding steroid dienone is 1. The standard InChI is InChI=1S/C30H33NO5S2/c1-18-16-30(3,4)31-25-13-12-22(24(28(18)25)17-35-29(32)27-14-7-19(2)37-27)23-11-8-20(15-26(23)34-5)36-38(6,33)21-9-10-21/h7-8,11-16,21,31H,6,9-10,17H2,1-5H3. The van der Waals surface area contributed by atoms with E-state index < -0.39 is 9.80 Å². The molecule has 0 radical (unpaired) electrons. The summed E-state index contributed by atoms with van der Waals surface area (Å²) in [5.74, 6) is 4.49. The third-order valence-electron chi connectivity index (χ3n) is 6.76. The van der Waals surface area contributed by atoms with Gasteiger partial charge in [0, 0.05) is 33.3 Å². The second kappa shape index (κ2) is 9.82. The van der Waals surface area contributed by atoms with Crippen molar-refractivity contribution in [1.82, 2.24) is 0 Å². The maximum Gasteiger partial charge on any atom is 0.348 e. The van der Waals surface area contributed by atoms with Crippen molar-refractivity contribution in [2.24, 2.45) is 0 Å². The van der Waals surface area contributed by atoms with Gasteiger partial charge in [-0.25, -0.2) is 9.00 Å². The van der Waals surface area contributed by atoms with Gasteiger partial charge >= 0.3 is 5.97 Å². The molecule has 1 aliphatic heterocycles. The summed E-state index contributed by atoms with van der Waals surface area (Å²) < 4.78 is 30.2. The van der Waals surface area contributed by atoms with E-state index in [2.05, 4.69) is 44.1 Å². The van der Waals surface area contributed by atoms with Crippen LogP contribution in [0, 0.1) is 6.92 Å². The van der Waals surface area contributed by atoms with Gasteiger partial charge in [0.2, 0.25) is 0 Å². The third-order valence-corrected chi connectivity index (χ3v) is 9.71. The molecule has 6 nitrogen and oxygen atoms in total.